The molecule has 3 rings (SSSR count). The van der Waals surface area contributed by atoms with E-state index in [1.165, 1.54) is 4.90 Å². The van der Waals surface area contributed by atoms with Gasteiger partial charge in [0, 0.05) is 22.5 Å². The van der Waals surface area contributed by atoms with Crippen molar-refractivity contribution in [2.45, 2.75) is 0 Å². The summed E-state index contributed by atoms with van der Waals surface area (Å²) in [6.45, 7) is -0.131. The molecule has 0 fully saturated rings. The second-order valence-corrected chi connectivity index (χ2v) is 8.44. The quantitative estimate of drug-likeness (QED) is 0.779. The number of carbonyl (C=O) groups excluding carboxylic acids is 1. The van der Waals surface area contributed by atoms with Crippen LogP contribution in [-0.2, 0) is 14.6 Å². The second-order valence-electron chi connectivity index (χ2n) is 5.42. The number of hydrogen-bond donors (Lipinski definition) is 0. The van der Waals surface area contributed by atoms with Gasteiger partial charge in [-0.15, -0.1) is 0 Å². The van der Waals surface area contributed by atoms with E-state index in [4.69, 9.17) is 0 Å². The van der Waals surface area contributed by atoms with Crippen LogP contribution in [0.25, 0.3) is 0 Å². The first kappa shape index (κ1) is 16.8. The Labute approximate surface area is 148 Å². The standard InChI is InChI=1S/C16H14BrN3O3S/c1-24(22,23)10-20-14-6-5-11(17)8-12(14)16(19-9-15(20)21)13-4-2-3-7-18-13/h2-8H,9-10H2,1H3. The van der Waals surface area contributed by atoms with E-state index in [1.807, 2.05) is 12.1 Å². The molecule has 0 saturated heterocycles. The normalized spacial score (nSPS) is 14.8. The summed E-state index contributed by atoms with van der Waals surface area (Å²) in [5.41, 5.74) is 2.37. The van der Waals surface area contributed by atoms with Crippen molar-refractivity contribution >= 4 is 43.1 Å². The summed E-state index contributed by atoms with van der Waals surface area (Å²) in [6, 6.07) is 10.7. The highest BCUT2D eigenvalue weighted by molar-refractivity contribution is 9.10. The maximum Gasteiger partial charge on any atom is 0.249 e. The topological polar surface area (TPSA) is 79.7 Å². The summed E-state index contributed by atoms with van der Waals surface area (Å²) in [5.74, 6) is -0.749. The Kier molecular flexibility index (Phi) is 4.51. The third-order valence-corrected chi connectivity index (χ3v) is 4.67. The Hall–Kier alpha value is -2.06. The highest BCUT2D eigenvalue weighted by Crippen LogP contribution is 2.29. The number of amides is 1. The number of aromatic nitrogens is 1. The molecule has 2 aromatic rings. The lowest BCUT2D eigenvalue weighted by Crippen LogP contribution is -2.36. The van der Waals surface area contributed by atoms with E-state index in [1.54, 1.807) is 30.5 Å². The van der Waals surface area contributed by atoms with Crippen LogP contribution in [0, 0.1) is 0 Å². The average Bonchev–Trinajstić information content (AvgIpc) is 2.65. The van der Waals surface area contributed by atoms with Gasteiger partial charge in [-0.05, 0) is 30.3 Å². The van der Waals surface area contributed by atoms with Gasteiger partial charge in [-0.3, -0.25) is 19.7 Å². The van der Waals surface area contributed by atoms with Gasteiger partial charge in [0.05, 0.1) is 17.1 Å². The molecule has 1 aliphatic heterocycles. The molecule has 124 valence electrons. The summed E-state index contributed by atoms with van der Waals surface area (Å²) >= 11 is 3.42. The zero-order valence-corrected chi connectivity index (χ0v) is 15.2. The third-order valence-electron chi connectivity index (χ3n) is 3.45. The number of aliphatic imine (C=N–C) groups is 1. The Bertz CT molecular complexity index is 927. The van der Waals surface area contributed by atoms with Crippen LogP contribution in [0.2, 0.25) is 0 Å². The van der Waals surface area contributed by atoms with Crippen molar-refractivity contribution in [2.75, 3.05) is 23.6 Å². The average molecular weight is 408 g/mol. The number of sulfone groups is 1. The number of benzodiazepines with no additional fused rings is 1. The Balaban J connectivity index is 2.19. The lowest BCUT2D eigenvalue weighted by atomic mass is 10.0. The molecular formula is C16H14BrN3O3S. The lowest BCUT2D eigenvalue weighted by molar-refractivity contribution is -0.117. The summed E-state index contributed by atoms with van der Waals surface area (Å²) in [4.78, 5) is 22.4. The molecule has 0 N–H and O–H groups in total. The third kappa shape index (κ3) is 3.54. The number of benzene rings is 1. The minimum atomic E-state index is -3.38. The maximum atomic E-state index is 12.4. The van der Waals surface area contributed by atoms with Crippen LogP contribution in [0.5, 0.6) is 0 Å². The van der Waals surface area contributed by atoms with Crippen molar-refractivity contribution in [3.8, 4) is 0 Å². The SMILES string of the molecule is CS(=O)(=O)CN1C(=O)CN=C(c2ccccn2)c2cc(Br)ccc21. The van der Waals surface area contributed by atoms with Crippen molar-refractivity contribution in [2.24, 2.45) is 4.99 Å². The Morgan fingerprint density at radius 2 is 2.04 bits per heavy atom. The number of rotatable bonds is 3. The lowest BCUT2D eigenvalue weighted by Gasteiger charge is -2.22. The van der Waals surface area contributed by atoms with Crippen LogP contribution in [0.1, 0.15) is 11.3 Å². The van der Waals surface area contributed by atoms with E-state index in [9.17, 15) is 13.2 Å². The molecule has 1 aliphatic rings. The van der Waals surface area contributed by atoms with Gasteiger partial charge in [-0.2, -0.15) is 0 Å². The number of anilines is 1. The van der Waals surface area contributed by atoms with E-state index < -0.39 is 9.84 Å². The van der Waals surface area contributed by atoms with Gasteiger partial charge in [-0.1, -0.05) is 22.0 Å². The zero-order chi connectivity index (χ0) is 17.3. The molecule has 0 atom stereocenters. The fraction of sp³-hybridized carbons (Fsp3) is 0.188. The predicted octanol–water partition coefficient (Wildman–Crippen LogP) is 2.03. The molecule has 24 heavy (non-hydrogen) atoms. The molecule has 0 saturated carbocycles. The van der Waals surface area contributed by atoms with Crippen LogP contribution < -0.4 is 4.90 Å². The van der Waals surface area contributed by atoms with Crippen molar-refractivity contribution in [1.82, 2.24) is 4.98 Å². The van der Waals surface area contributed by atoms with E-state index >= 15 is 0 Å². The van der Waals surface area contributed by atoms with Gasteiger partial charge >= 0.3 is 0 Å². The van der Waals surface area contributed by atoms with Gasteiger partial charge in [0.15, 0.2) is 9.84 Å². The fourth-order valence-electron chi connectivity index (χ4n) is 2.48. The van der Waals surface area contributed by atoms with Crippen molar-refractivity contribution in [1.29, 1.82) is 0 Å². The first-order valence-corrected chi connectivity index (χ1v) is 9.94. The van der Waals surface area contributed by atoms with Gasteiger partial charge in [0.25, 0.3) is 0 Å². The molecule has 8 heteroatoms. The molecule has 0 radical (unpaired) electrons. The maximum absolute atomic E-state index is 12.4. The van der Waals surface area contributed by atoms with E-state index in [0.29, 0.717) is 22.7 Å². The van der Waals surface area contributed by atoms with E-state index in [0.717, 1.165) is 10.7 Å². The highest BCUT2D eigenvalue weighted by Gasteiger charge is 2.27. The minimum absolute atomic E-state index is 0.131. The smallest absolute Gasteiger partial charge is 0.249 e. The number of carbonyl (C=O) groups is 1. The van der Waals surface area contributed by atoms with Crippen molar-refractivity contribution < 1.29 is 13.2 Å². The van der Waals surface area contributed by atoms with Crippen LogP contribution in [0.4, 0.5) is 5.69 Å². The summed E-state index contributed by atoms with van der Waals surface area (Å²) in [6.07, 6.45) is 2.75. The summed E-state index contributed by atoms with van der Waals surface area (Å²) < 4.78 is 24.3. The van der Waals surface area contributed by atoms with Crippen molar-refractivity contribution in [3.63, 3.8) is 0 Å². The Morgan fingerprint density at radius 1 is 1.25 bits per heavy atom. The number of nitrogens with zero attached hydrogens (tertiary/aromatic N) is 3. The summed E-state index contributed by atoms with van der Waals surface area (Å²) in [5, 5.41) is 0. The molecule has 1 amide bonds. The number of hydrogen-bond acceptors (Lipinski definition) is 5. The van der Waals surface area contributed by atoms with Gasteiger partial charge in [0.2, 0.25) is 5.91 Å². The Morgan fingerprint density at radius 3 is 2.71 bits per heavy atom. The highest BCUT2D eigenvalue weighted by atomic mass is 79.9. The molecule has 0 spiro atoms. The van der Waals surface area contributed by atoms with E-state index in [-0.39, 0.29) is 18.3 Å². The number of fused-ring (bicyclic) bond motifs is 1. The molecule has 0 unspecified atom stereocenters. The van der Waals surface area contributed by atoms with Gasteiger partial charge < -0.3 is 0 Å². The summed E-state index contributed by atoms with van der Waals surface area (Å²) in [7, 11) is -3.38. The molecule has 2 heterocycles. The molecular weight excluding hydrogens is 394 g/mol. The van der Waals surface area contributed by atoms with Crippen LogP contribution >= 0.6 is 15.9 Å². The second kappa shape index (κ2) is 6.45. The molecule has 0 aliphatic carbocycles. The number of pyridine rings is 1. The van der Waals surface area contributed by atoms with Crippen LogP contribution in [-0.4, -0.2) is 43.7 Å². The molecule has 0 bridgehead atoms. The van der Waals surface area contributed by atoms with E-state index in [2.05, 4.69) is 25.9 Å². The largest absolute Gasteiger partial charge is 0.295 e. The molecule has 1 aromatic heterocycles. The van der Waals surface area contributed by atoms with Crippen LogP contribution in [0.15, 0.2) is 52.1 Å². The van der Waals surface area contributed by atoms with Gasteiger partial charge in [-0.25, -0.2) is 8.42 Å². The first-order chi connectivity index (χ1) is 11.3. The number of halogens is 1. The molecule has 1 aromatic carbocycles. The fourth-order valence-corrected chi connectivity index (χ4v) is 3.60. The van der Waals surface area contributed by atoms with Gasteiger partial charge in [0.1, 0.15) is 12.4 Å². The first-order valence-electron chi connectivity index (χ1n) is 7.09. The van der Waals surface area contributed by atoms with Crippen LogP contribution in [0.3, 0.4) is 0 Å². The predicted molar refractivity (Wildman–Crippen MR) is 96.1 cm³/mol. The monoisotopic (exact) mass is 407 g/mol. The molecule has 6 nitrogen and oxygen atoms in total. The minimum Gasteiger partial charge on any atom is -0.295 e. The zero-order valence-electron chi connectivity index (χ0n) is 12.8. The van der Waals surface area contributed by atoms with Crippen molar-refractivity contribution in [3.05, 3.63) is 58.3 Å².